The lowest BCUT2D eigenvalue weighted by Crippen LogP contribution is -2.36. The van der Waals surface area contributed by atoms with Crippen molar-refractivity contribution in [3.63, 3.8) is 0 Å². The number of hydrogen-bond acceptors (Lipinski definition) is 7. The molecule has 3 amide bonds. The Bertz CT molecular complexity index is 1040. The summed E-state index contributed by atoms with van der Waals surface area (Å²) in [5.74, 6) is 0.800. The summed E-state index contributed by atoms with van der Waals surface area (Å²) in [6.45, 7) is 2.20. The van der Waals surface area contributed by atoms with E-state index in [1.165, 1.54) is 7.11 Å². The summed E-state index contributed by atoms with van der Waals surface area (Å²) < 4.78 is 16.1. The van der Waals surface area contributed by atoms with Crippen molar-refractivity contribution in [1.29, 1.82) is 0 Å². The van der Waals surface area contributed by atoms with E-state index in [0.29, 0.717) is 35.1 Å². The molecule has 0 aliphatic carbocycles. The van der Waals surface area contributed by atoms with Gasteiger partial charge in [0.15, 0.2) is 11.5 Å². The Morgan fingerprint density at radius 1 is 1.06 bits per heavy atom. The lowest BCUT2D eigenvalue weighted by molar-refractivity contribution is -0.127. The van der Waals surface area contributed by atoms with E-state index in [1.807, 2.05) is 6.92 Å². The zero-order valence-corrected chi connectivity index (χ0v) is 18.9. The number of ether oxygens (including phenoxy) is 3. The van der Waals surface area contributed by atoms with Crippen molar-refractivity contribution in [1.82, 2.24) is 4.90 Å². The molecule has 1 aliphatic rings. The Balaban J connectivity index is 1.68. The van der Waals surface area contributed by atoms with Crippen molar-refractivity contribution < 1.29 is 28.6 Å². The number of benzene rings is 2. The van der Waals surface area contributed by atoms with Crippen LogP contribution in [0.15, 0.2) is 47.4 Å². The molecule has 9 heteroatoms. The summed E-state index contributed by atoms with van der Waals surface area (Å²) in [4.78, 5) is 38.5. The van der Waals surface area contributed by atoms with Gasteiger partial charge in [-0.15, -0.1) is 0 Å². The summed E-state index contributed by atoms with van der Waals surface area (Å²) in [5.41, 5.74) is 1.22. The number of imide groups is 1. The SMILES string of the molecule is CCCOc1ccc(/C=C2\SC(=O)N(CC(=O)Nc3ccc(OC)cc3)C2=O)cc1OC. The molecular weight excluding hydrogens is 432 g/mol. The lowest BCUT2D eigenvalue weighted by Gasteiger charge is -2.12. The molecule has 1 fully saturated rings. The van der Waals surface area contributed by atoms with Gasteiger partial charge in [-0.1, -0.05) is 13.0 Å². The van der Waals surface area contributed by atoms with Gasteiger partial charge < -0.3 is 19.5 Å². The number of methoxy groups -OCH3 is 2. The molecule has 0 radical (unpaired) electrons. The Morgan fingerprint density at radius 3 is 2.47 bits per heavy atom. The Kier molecular flexibility index (Phi) is 7.77. The van der Waals surface area contributed by atoms with E-state index in [4.69, 9.17) is 14.2 Å². The second-order valence-corrected chi connectivity index (χ2v) is 7.80. The monoisotopic (exact) mass is 456 g/mol. The second-order valence-electron chi connectivity index (χ2n) is 6.80. The van der Waals surface area contributed by atoms with Crippen molar-refractivity contribution in [2.45, 2.75) is 13.3 Å². The minimum absolute atomic E-state index is 0.233. The smallest absolute Gasteiger partial charge is 0.294 e. The molecule has 1 aliphatic heterocycles. The molecule has 3 rings (SSSR count). The number of carbonyl (C=O) groups is 3. The summed E-state index contributed by atoms with van der Waals surface area (Å²) in [5, 5.41) is 2.16. The molecular formula is C23H24N2O6S. The van der Waals surface area contributed by atoms with Gasteiger partial charge in [0.1, 0.15) is 12.3 Å². The fraction of sp³-hybridized carbons (Fsp3) is 0.261. The predicted octanol–water partition coefficient (Wildman–Crippen LogP) is 4.17. The van der Waals surface area contributed by atoms with Gasteiger partial charge in [0, 0.05) is 5.69 Å². The number of anilines is 1. The van der Waals surface area contributed by atoms with Crippen LogP contribution in [-0.4, -0.2) is 49.3 Å². The Hall–Kier alpha value is -3.46. The quantitative estimate of drug-likeness (QED) is 0.566. The van der Waals surface area contributed by atoms with Crippen LogP contribution < -0.4 is 19.5 Å². The van der Waals surface area contributed by atoms with Gasteiger partial charge in [0.05, 0.1) is 25.7 Å². The lowest BCUT2D eigenvalue weighted by atomic mass is 10.2. The van der Waals surface area contributed by atoms with Crippen LogP contribution in [0.5, 0.6) is 17.2 Å². The zero-order chi connectivity index (χ0) is 23.1. The normalized spacial score (nSPS) is 14.6. The minimum atomic E-state index is -0.518. The standard InChI is InChI=1S/C23H24N2O6S/c1-4-11-31-18-10-5-15(12-19(18)30-3)13-20-22(27)25(23(28)32-20)14-21(26)24-16-6-8-17(29-2)9-7-16/h5-10,12-13H,4,11,14H2,1-3H3,(H,24,26)/b20-13-. The molecule has 0 bridgehead atoms. The molecule has 0 saturated carbocycles. The molecule has 32 heavy (non-hydrogen) atoms. The summed E-state index contributed by atoms with van der Waals surface area (Å²) in [7, 11) is 3.08. The molecule has 0 aromatic heterocycles. The highest BCUT2D eigenvalue weighted by atomic mass is 32.2. The fourth-order valence-electron chi connectivity index (χ4n) is 2.91. The van der Waals surface area contributed by atoms with Crippen molar-refractivity contribution in [3.8, 4) is 17.2 Å². The van der Waals surface area contributed by atoms with E-state index in [2.05, 4.69) is 5.32 Å². The summed E-state index contributed by atoms with van der Waals surface area (Å²) in [6.07, 6.45) is 2.46. The molecule has 1 saturated heterocycles. The van der Waals surface area contributed by atoms with Crippen LogP contribution in [-0.2, 0) is 9.59 Å². The van der Waals surface area contributed by atoms with E-state index in [9.17, 15) is 14.4 Å². The Morgan fingerprint density at radius 2 is 1.81 bits per heavy atom. The van der Waals surface area contributed by atoms with Crippen LogP contribution in [0.4, 0.5) is 10.5 Å². The molecule has 168 valence electrons. The third-order valence-electron chi connectivity index (χ3n) is 4.50. The first kappa shape index (κ1) is 23.2. The van der Waals surface area contributed by atoms with E-state index in [0.717, 1.165) is 23.1 Å². The Labute approximate surface area is 190 Å². The van der Waals surface area contributed by atoms with Gasteiger partial charge in [-0.25, -0.2) is 0 Å². The van der Waals surface area contributed by atoms with Crippen LogP contribution in [0.25, 0.3) is 6.08 Å². The van der Waals surface area contributed by atoms with Gasteiger partial charge in [-0.05, 0) is 66.2 Å². The summed E-state index contributed by atoms with van der Waals surface area (Å²) >= 11 is 0.791. The highest BCUT2D eigenvalue weighted by molar-refractivity contribution is 8.18. The first-order valence-electron chi connectivity index (χ1n) is 9.95. The van der Waals surface area contributed by atoms with Crippen LogP contribution in [0.2, 0.25) is 0 Å². The highest BCUT2D eigenvalue weighted by Crippen LogP contribution is 2.34. The van der Waals surface area contributed by atoms with Gasteiger partial charge in [0.2, 0.25) is 5.91 Å². The van der Waals surface area contributed by atoms with Crippen LogP contribution in [0, 0.1) is 0 Å². The van der Waals surface area contributed by atoms with Crippen molar-refractivity contribution in [3.05, 3.63) is 52.9 Å². The van der Waals surface area contributed by atoms with E-state index in [1.54, 1.807) is 55.7 Å². The van der Waals surface area contributed by atoms with Gasteiger partial charge >= 0.3 is 0 Å². The largest absolute Gasteiger partial charge is 0.497 e. The maximum Gasteiger partial charge on any atom is 0.294 e. The van der Waals surface area contributed by atoms with Crippen LogP contribution in [0.3, 0.4) is 0 Å². The van der Waals surface area contributed by atoms with Gasteiger partial charge in [-0.2, -0.15) is 0 Å². The molecule has 1 heterocycles. The minimum Gasteiger partial charge on any atom is -0.497 e. The number of thioether (sulfide) groups is 1. The molecule has 2 aromatic carbocycles. The zero-order valence-electron chi connectivity index (χ0n) is 18.0. The molecule has 1 N–H and O–H groups in total. The number of amides is 3. The first-order chi connectivity index (χ1) is 15.4. The number of nitrogens with zero attached hydrogens (tertiary/aromatic N) is 1. The topological polar surface area (TPSA) is 94.2 Å². The maximum absolute atomic E-state index is 12.7. The van der Waals surface area contributed by atoms with E-state index in [-0.39, 0.29) is 11.4 Å². The van der Waals surface area contributed by atoms with Crippen molar-refractivity contribution in [2.75, 3.05) is 32.7 Å². The maximum atomic E-state index is 12.7. The molecule has 8 nitrogen and oxygen atoms in total. The number of hydrogen-bond donors (Lipinski definition) is 1. The molecule has 0 unspecified atom stereocenters. The average molecular weight is 457 g/mol. The average Bonchev–Trinajstić information content (AvgIpc) is 3.05. The molecule has 2 aromatic rings. The molecule has 0 atom stereocenters. The van der Waals surface area contributed by atoms with Crippen molar-refractivity contribution in [2.24, 2.45) is 0 Å². The van der Waals surface area contributed by atoms with E-state index >= 15 is 0 Å². The number of rotatable bonds is 9. The third kappa shape index (κ3) is 5.61. The second kappa shape index (κ2) is 10.7. The predicted molar refractivity (Wildman–Crippen MR) is 123 cm³/mol. The van der Waals surface area contributed by atoms with Crippen molar-refractivity contribution >= 4 is 40.6 Å². The van der Waals surface area contributed by atoms with Gasteiger partial charge in [-0.3, -0.25) is 19.3 Å². The van der Waals surface area contributed by atoms with Crippen LogP contribution >= 0.6 is 11.8 Å². The number of nitrogens with one attached hydrogen (secondary N) is 1. The van der Waals surface area contributed by atoms with Crippen LogP contribution in [0.1, 0.15) is 18.9 Å². The number of carbonyl (C=O) groups excluding carboxylic acids is 3. The highest BCUT2D eigenvalue weighted by Gasteiger charge is 2.36. The molecule has 0 spiro atoms. The van der Waals surface area contributed by atoms with E-state index < -0.39 is 17.1 Å². The summed E-state index contributed by atoms with van der Waals surface area (Å²) in [6, 6.07) is 12.0. The fourth-order valence-corrected chi connectivity index (χ4v) is 3.75. The third-order valence-corrected chi connectivity index (χ3v) is 5.40. The van der Waals surface area contributed by atoms with Gasteiger partial charge in [0.25, 0.3) is 11.1 Å². The first-order valence-corrected chi connectivity index (χ1v) is 10.8.